The molecule has 0 spiro atoms. The molecular formula is C14H21N3O. The first-order valence-corrected chi connectivity index (χ1v) is 6.56. The molecule has 1 aliphatic rings. The van der Waals surface area contributed by atoms with E-state index in [0.29, 0.717) is 5.56 Å². The average molecular weight is 247 g/mol. The third kappa shape index (κ3) is 3.47. The number of aryl methyl sites for hydroxylation is 1. The standard InChI is InChI=1S/C14H21N3O/c1-10-9-12(6-7-13(10)17-15)14(18)16-8-2-3-11-4-5-11/h6-7,9,11,17H,2-5,8,15H2,1H3,(H,16,18). The van der Waals surface area contributed by atoms with Crippen molar-refractivity contribution in [2.24, 2.45) is 11.8 Å². The fourth-order valence-electron chi connectivity index (χ4n) is 2.07. The third-order valence-electron chi connectivity index (χ3n) is 3.42. The number of nitrogens with one attached hydrogen (secondary N) is 2. The van der Waals surface area contributed by atoms with Gasteiger partial charge in [-0.25, -0.2) is 0 Å². The summed E-state index contributed by atoms with van der Waals surface area (Å²) in [6.45, 7) is 2.70. The molecule has 18 heavy (non-hydrogen) atoms. The lowest BCUT2D eigenvalue weighted by molar-refractivity contribution is 0.0952. The molecule has 1 aromatic rings. The van der Waals surface area contributed by atoms with E-state index >= 15 is 0 Å². The van der Waals surface area contributed by atoms with Gasteiger partial charge in [0, 0.05) is 12.1 Å². The van der Waals surface area contributed by atoms with Gasteiger partial charge in [-0.15, -0.1) is 0 Å². The summed E-state index contributed by atoms with van der Waals surface area (Å²) in [6, 6.07) is 5.47. The van der Waals surface area contributed by atoms with Gasteiger partial charge in [0.05, 0.1) is 5.69 Å². The molecule has 0 radical (unpaired) electrons. The molecule has 2 rings (SSSR count). The second-order valence-corrected chi connectivity index (χ2v) is 5.02. The number of nitrogens with two attached hydrogens (primary N) is 1. The lowest BCUT2D eigenvalue weighted by Crippen LogP contribution is -2.24. The summed E-state index contributed by atoms with van der Waals surface area (Å²) < 4.78 is 0. The summed E-state index contributed by atoms with van der Waals surface area (Å²) >= 11 is 0. The Hall–Kier alpha value is -1.55. The summed E-state index contributed by atoms with van der Waals surface area (Å²) in [6.07, 6.45) is 5.08. The maximum Gasteiger partial charge on any atom is 0.251 e. The predicted octanol–water partition coefficient (Wildman–Crippen LogP) is 2.20. The van der Waals surface area contributed by atoms with Crippen molar-refractivity contribution in [2.75, 3.05) is 12.0 Å². The molecule has 1 saturated carbocycles. The van der Waals surface area contributed by atoms with Crippen molar-refractivity contribution in [3.8, 4) is 0 Å². The Labute approximate surface area is 108 Å². The second-order valence-electron chi connectivity index (χ2n) is 5.02. The number of hydrazine groups is 1. The van der Waals surface area contributed by atoms with E-state index in [-0.39, 0.29) is 5.91 Å². The maximum absolute atomic E-state index is 11.9. The number of hydrogen-bond donors (Lipinski definition) is 3. The summed E-state index contributed by atoms with van der Waals surface area (Å²) in [5.41, 5.74) is 5.12. The molecule has 4 heteroatoms. The Bertz CT molecular complexity index is 427. The molecule has 1 fully saturated rings. The molecule has 1 amide bonds. The van der Waals surface area contributed by atoms with Gasteiger partial charge in [0.2, 0.25) is 0 Å². The second kappa shape index (κ2) is 5.87. The monoisotopic (exact) mass is 247 g/mol. The van der Waals surface area contributed by atoms with E-state index in [4.69, 9.17) is 5.84 Å². The van der Waals surface area contributed by atoms with Crippen LogP contribution in [0.25, 0.3) is 0 Å². The number of amides is 1. The molecule has 0 bridgehead atoms. The normalized spacial score (nSPS) is 14.3. The van der Waals surface area contributed by atoms with Crippen LogP contribution in [0.4, 0.5) is 5.69 Å². The van der Waals surface area contributed by atoms with Gasteiger partial charge in [0.15, 0.2) is 0 Å². The van der Waals surface area contributed by atoms with E-state index in [0.717, 1.165) is 30.1 Å². The van der Waals surface area contributed by atoms with E-state index in [2.05, 4.69) is 10.7 Å². The lowest BCUT2D eigenvalue weighted by Gasteiger charge is -2.08. The number of anilines is 1. The Morgan fingerprint density at radius 2 is 2.22 bits per heavy atom. The molecule has 4 N–H and O–H groups in total. The highest BCUT2D eigenvalue weighted by atomic mass is 16.1. The van der Waals surface area contributed by atoms with E-state index in [1.807, 2.05) is 19.1 Å². The predicted molar refractivity (Wildman–Crippen MR) is 73.3 cm³/mol. The van der Waals surface area contributed by atoms with Crippen molar-refractivity contribution in [2.45, 2.75) is 32.6 Å². The zero-order valence-electron chi connectivity index (χ0n) is 10.8. The molecule has 1 aliphatic carbocycles. The molecule has 1 aromatic carbocycles. The summed E-state index contributed by atoms with van der Waals surface area (Å²) in [5, 5.41) is 2.96. The van der Waals surface area contributed by atoms with Gasteiger partial charge in [-0.1, -0.05) is 12.8 Å². The van der Waals surface area contributed by atoms with Crippen LogP contribution >= 0.6 is 0 Å². The molecule has 0 unspecified atom stereocenters. The van der Waals surface area contributed by atoms with Crippen LogP contribution in [-0.2, 0) is 0 Å². The third-order valence-corrected chi connectivity index (χ3v) is 3.42. The van der Waals surface area contributed by atoms with Gasteiger partial charge in [-0.2, -0.15) is 0 Å². The average Bonchev–Trinajstić information content (AvgIpc) is 3.18. The summed E-state index contributed by atoms with van der Waals surface area (Å²) in [5.74, 6) is 6.29. The van der Waals surface area contributed by atoms with Crippen molar-refractivity contribution in [3.05, 3.63) is 29.3 Å². The quantitative estimate of drug-likeness (QED) is 0.410. The number of carbonyl (C=O) groups excluding carboxylic acids is 1. The first-order valence-electron chi connectivity index (χ1n) is 6.56. The SMILES string of the molecule is Cc1cc(C(=O)NCCCC2CC2)ccc1NN. The van der Waals surface area contributed by atoms with Crippen LogP contribution in [0.2, 0.25) is 0 Å². The molecule has 0 heterocycles. The number of hydrogen-bond acceptors (Lipinski definition) is 3. The van der Waals surface area contributed by atoms with Crippen LogP contribution < -0.4 is 16.6 Å². The first-order chi connectivity index (χ1) is 8.70. The molecule has 4 nitrogen and oxygen atoms in total. The largest absolute Gasteiger partial charge is 0.352 e. The smallest absolute Gasteiger partial charge is 0.251 e. The highest BCUT2D eigenvalue weighted by Gasteiger charge is 2.20. The Kier molecular flexibility index (Phi) is 4.20. The molecule has 0 aliphatic heterocycles. The van der Waals surface area contributed by atoms with Crippen molar-refractivity contribution >= 4 is 11.6 Å². The fraction of sp³-hybridized carbons (Fsp3) is 0.500. The van der Waals surface area contributed by atoms with Gasteiger partial charge in [-0.05, 0) is 49.4 Å². The Morgan fingerprint density at radius 1 is 1.44 bits per heavy atom. The van der Waals surface area contributed by atoms with Crippen LogP contribution in [0.1, 0.15) is 41.6 Å². The number of benzene rings is 1. The minimum Gasteiger partial charge on any atom is -0.352 e. The van der Waals surface area contributed by atoms with Crippen LogP contribution in [0.5, 0.6) is 0 Å². The maximum atomic E-state index is 11.9. The van der Waals surface area contributed by atoms with Gasteiger partial charge in [0.25, 0.3) is 5.91 Å². The van der Waals surface area contributed by atoms with E-state index in [9.17, 15) is 4.79 Å². The number of carbonyl (C=O) groups is 1. The minimum atomic E-state index is -0.00234. The number of nitrogen functional groups attached to an aromatic ring is 1. The highest BCUT2D eigenvalue weighted by Crippen LogP contribution is 2.33. The van der Waals surface area contributed by atoms with Gasteiger partial charge in [-0.3, -0.25) is 10.6 Å². The molecule has 98 valence electrons. The topological polar surface area (TPSA) is 67.2 Å². The minimum absolute atomic E-state index is 0.00234. The lowest BCUT2D eigenvalue weighted by atomic mass is 10.1. The van der Waals surface area contributed by atoms with Crippen molar-refractivity contribution in [1.29, 1.82) is 0 Å². The molecule has 0 atom stereocenters. The summed E-state index contributed by atoms with van der Waals surface area (Å²) in [4.78, 5) is 11.9. The van der Waals surface area contributed by atoms with Crippen LogP contribution in [0, 0.1) is 12.8 Å². The fourth-order valence-corrected chi connectivity index (χ4v) is 2.07. The van der Waals surface area contributed by atoms with Crippen molar-refractivity contribution < 1.29 is 4.79 Å². The highest BCUT2D eigenvalue weighted by molar-refractivity contribution is 5.94. The van der Waals surface area contributed by atoms with Crippen LogP contribution in [0.15, 0.2) is 18.2 Å². The van der Waals surface area contributed by atoms with Gasteiger partial charge in [0.1, 0.15) is 0 Å². The van der Waals surface area contributed by atoms with E-state index < -0.39 is 0 Å². The zero-order valence-corrected chi connectivity index (χ0v) is 10.8. The van der Waals surface area contributed by atoms with Crippen molar-refractivity contribution in [1.82, 2.24) is 5.32 Å². The van der Waals surface area contributed by atoms with E-state index in [1.165, 1.54) is 19.3 Å². The Morgan fingerprint density at radius 3 is 2.83 bits per heavy atom. The van der Waals surface area contributed by atoms with Crippen LogP contribution in [0.3, 0.4) is 0 Å². The molecular weight excluding hydrogens is 226 g/mol. The first kappa shape index (κ1) is 12.9. The Balaban J connectivity index is 1.81. The zero-order chi connectivity index (χ0) is 13.0. The van der Waals surface area contributed by atoms with Crippen LogP contribution in [-0.4, -0.2) is 12.5 Å². The molecule has 0 aromatic heterocycles. The molecule has 0 saturated heterocycles. The van der Waals surface area contributed by atoms with Crippen molar-refractivity contribution in [3.63, 3.8) is 0 Å². The number of rotatable bonds is 6. The van der Waals surface area contributed by atoms with Gasteiger partial charge >= 0.3 is 0 Å². The van der Waals surface area contributed by atoms with E-state index in [1.54, 1.807) is 6.07 Å². The van der Waals surface area contributed by atoms with Gasteiger partial charge < -0.3 is 10.7 Å². The summed E-state index contributed by atoms with van der Waals surface area (Å²) in [7, 11) is 0.